The Balaban J connectivity index is 1.84. The van der Waals surface area contributed by atoms with Gasteiger partial charge in [-0.2, -0.15) is 0 Å². The molecule has 3 heteroatoms. The van der Waals surface area contributed by atoms with E-state index in [0.29, 0.717) is 0 Å². The molecule has 2 aliphatic rings. The first kappa shape index (κ1) is 9.21. The van der Waals surface area contributed by atoms with Gasteiger partial charge in [-0.3, -0.25) is 3.53 Å². The zero-order valence-corrected chi connectivity index (χ0v) is 9.51. The van der Waals surface area contributed by atoms with Crippen LogP contribution in [-0.2, 0) is 0 Å². The smallest absolute Gasteiger partial charge is 0.0169 e. The minimum absolute atomic E-state index is 0.947. The second-order valence-electron chi connectivity index (χ2n) is 4.20. The van der Waals surface area contributed by atoms with E-state index in [1.807, 2.05) is 0 Å². The van der Waals surface area contributed by atoms with Crippen LogP contribution in [0.1, 0.15) is 19.3 Å². The summed E-state index contributed by atoms with van der Waals surface area (Å²) in [6.45, 7) is 3.78. The van der Waals surface area contributed by atoms with E-state index >= 15 is 0 Å². The molecule has 3 unspecified atom stereocenters. The maximum atomic E-state index is 3.50. The Labute approximate surface area is 88.4 Å². The van der Waals surface area contributed by atoms with Crippen LogP contribution >= 0.6 is 22.9 Å². The van der Waals surface area contributed by atoms with E-state index in [2.05, 4.69) is 31.7 Å². The van der Waals surface area contributed by atoms with Gasteiger partial charge in [0.2, 0.25) is 0 Å². The Hall–Kier alpha value is 0.650. The van der Waals surface area contributed by atoms with Crippen molar-refractivity contribution >= 4 is 22.9 Å². The van der Waals surface area contributed by atoms with Crippen molar-refractivity contribution in [3.8, 4) is 0 Å². The molecule has 1 aliphatic heterocycles. The second kappa shape index (κ2) is 4.24. The zero-order chi connectivity index (χ0) is 8.39. The summed E-state index contributed by atoms with van der Waals surface area (Å²) in [6.07, 6.45) is 4.35. The summed E-state index contributed by atoms with van der Waals surface area (Å²) < 4.78 is 3.27. The van der Waals surface area contributed by atoms with Crippen molar-refractivity contribution in [3.63, 3.8) is 0 Å². The first-order valence-electron chi connectivity index (χ1n) is 4.94. The van der Waals surface area contributed by atoms with E-state index in [1.165, 1.54) is 38.9 Å². The summed E-state index contributed by atoms with van der Waals surface area (Å²) >= 11 is 2.26. The van der Waals surface area contributed by atoms with Gasteiger partial charge in [-0.1, -0.05) is 0 Å². The third-order valence-corrected chi connectivity index (χ3v) is 3.87. The largest absolute Gasteiger partial charge is 0.316 e. The van der Waals surface area contributed by atoms with Crippen LogP contribution in [0.4, 0.5) is 0 Å². The summed E-state index contributed by atoms with van der Waals surface area (Å²) in [6, 6.07) is 0. The van der Waals surface area contributed by atoms with Gasteiger partial charge >= 0.3 is 0 Å². The molecule has 1 saturated carbocycles. The minimum atomic E-state index is 0.947. The SMILES string of the molecule is INCC1CCC2CNCC2C1. The van der Waals surface area contributed by atoms with Gasteiger partial charge < -0.3 is 5.32 Å². The van der Waals surface area contributed by atoms with Crippen LogP contribution in [0.5, 0.6) is 0 Å². The summed E-state index contributed by atoms with van der Waals surface area (Å²) in [7, 11) is 0. The summed E-state index contributed by atoms with van der Waals surface area (Å²) in [5.41, 5.74) is 0. The summed E-state index contributed by atoms with van der Waals surface area (Å²) in [5, 5.41) is 3.50. The van der Waals surface area contributed by atoms with Gasteiger partial charge in [-0.05, 0) is 50.1 Å². The molecular formula is C9H17IN2. The van der Waals surface area contributed by atoms with Gasteiger partial charge in [0.05, 0.1) is 0 Å². The Kier molecular flexibility index (Phi) is 3.26. The molecule has 1 saturated heterocycles. The average Bonchev–Trinajstić information content (AvgIpc) is 2.51. The molecule has 0 aromatic heterocycles. The minimum Gasteiger partial charge on any atom is -0.316 e. The molecule has 1 heterocycles. The van der Waals surface area contributed by atoms with Crippen LogP contribution in [0.15, 0.2) is 0 Å². The maximum absolute atomic E-state index is 3.50. The molecule has 0 spiro atoms. The summed E-state index contributed by atoms with van der Waals surface area (Å²) in [4.78, 5) is 0. The first-order chi connectivity index (χ1) is 5.90. The Morgan fingerprint density at radius 1 is 1.25 bits per heavy atom. The van der Waals surface area contributed by atoms with Gasteiger partial charge in [-0.25, -0.2) is 0 Å². The molecule has 12 heavy (non-hydrogen) atoms. The van der Waals surface area contributed by atoms with Crippen LogP contribution in [-0.4, -0.2) is 19.6 Å². The predicted octanol–water partition coefficient (Wildman–Crippen LogP) is 1.56. The molecule has 0 radical (unpaired) electrons. The second-order valence-corrected chi connectivity index (χ2v) is 4.96. The van der Waals surface area contributed by atoms with E-state index in [0.717, 1.165) is 17.8 Å². The zero-order valence-electron chi connectivity index (χ0n) is 7.35. The van der Waals surface area contributed by atoms with Crippen LogP contribution in [0.3, 0.4) is 0 Å². The molecule has 1 aliphatic carbocycles. The van der Waals surface area contributed by atoms with E-state index in [1.54, 1.807) is 0 Å². The third kappa shape index (κ3) is 1.93. The van der Waals surface area contributed by atoms with Gasteiger partial charge in [0.15, 0.2) is 0 Å². The molecule has 2 fully saturated rings. The molecule has 2 rings (SSSR count). The van der Waals surface area contributed by atoms with Crippen molar-refractivity contribution in [2.45, 2.75) is 19.3 Å². The number of hydrogen-bond donors (Lipinski definition) is 2. The van der Waals surface area contributed by atoms with Gasteiger partial charge in [0, 0.05) is 29.4 Å². The lowest BCUT2D eigenvalue weighted by atomic mass is 9.76. The van der Waals surface area contributed by atoms with E-state index in [-0.39, 0.29) is 0 Å². The van der Waals surface area contributed by atoms with Crippen molar-refractivity contribution in [3.05, 3.63) is 0 Å². The standard InChI is InChI=1S/C9H17IN2/c10-12-4-7-1-2-8-5-11-6-9(8)3-7/h7-9,11-12H,1-6H2. The Bertz CT molecular complexity index is 151. The van der Waals surface area contributed by atoms with Crippen LogP contribution < -0.4 is 8.85 Å². The fourth-order valence-corrected chi connectivity index (χ4v) is 3.31. The topological polar surface area (TPSA) is 24.1 Å². The van der Waals surface area contributed by atoms with Crippen molar-refractivity contribution in [2.75, 3.05) is 19.6 Å². The van der Waals surface area contributed by atoms with Gasteiger partial charge in [0.25, 0.3) is 0 Å². The fourth-order valence-electron chi connectivity index (χ4n) is 2.69. The van der Waals surface area contributed by atoms with Crippen molar-refractivity contribution in [1.29, 1.82) is 0 Å². The first-order valence-corrected chi connectivity index (χ1v) is 6.02. The molecule has 0 aromatic carbocycles. The molecule has 0 amide bonds. The van der Waals surface area contributed by atoms with Crippen LogP contribution in [0.2, 0.25) is 0 Å². The highest BCUT2D eigenvalue weighted by Gasteiger charge is 2.33. The predicted molar refractivity (Wildman–Crippen MR) is 59.2 cm³/mol. The average molecular weight is 280 g/mol. The molecule has 3 atom stereocenters. The highest BCUT2D eigenvalue weighted by Crippen LogP contribution is 2.35. The van der Waals surface area contributed by atoms with E-state index < -0.39 is 0 Å². The molecule has 0 aromatic rings. The van der Waals surface area contributed by atoms with Crippen LogP contribution in [0, 0.1) is 17.8 Å². The van der Waals surface area contributed by atoms with Crippen molar-refractivity contribution in [1.82, 2.24) is 8.85 Å². The number of hydrogen-bond acceptors (Lipinski definition) is 2. The third-order valence-electron chi connectivity index (χ3n) is 3.43. The highest BCUT2D eigenvalue weighted by atomic mass is 127. The summed E-state index contributed by atoms with van der Waals surface area (Å²) in [5.74, 6) is 2.95. The molecule has 2 N–H and O–H groups in total. The van der Waals surface area contributed by atoms with Crippen LogP contribution in [0.25, 0.3) is 0 Å². The van der Waals surface area contributed by atoms with Gasteiger partial charge in [0.1, 0.15) is 0 Å². The van der Waals surface area contributed by atoms with Crippen molar-refractivity contribution in [2.24, 2.45) is 17.8 Å². The Morgan fingerprint density at radius 2 is 2.08 bits per heavy atom. The molecule has 0 bridgehead atoms. The highest BCUT2D eigenvalue weighted by molar-refractivity contribution is 14.1. The lowest BCUT2D eigenvalue weighted by Gasteiger charge is -2.30. The number of halogens is 1. The van der Waals surface area contributed by atoms with E-state index in [9.17, 15) is 0 Å². The number of nitrogens with one attached hydrogen (secondary N) is 2. The van der Waals surface area contributed by atoms with Gasteiger partial charge in [-0.15, -0.1) is 0 Å². The quantitative estimate of drug-likeness (QED) is 0.592. The number of rotatable bonds is 2. The lowest BCUT2D eigenvalue weighted by Crippen LogP contribution is -2.27. The monoisotopic (exact) mass is 280 g/mol. The molecular weight excluding hydrogens is 263 g/mol. The molecule has 2 nitrogen and oxygen atoms in total. The maximum Gasteiger partial charge on any atom is 0.0169 e. The Morgan fingerprint density at radius 3 is 2.92 bits per heavy atom. The number of fused-ring (bicyclic) bond motifs is 1. The molecule has 70 valence electrons. The fraction of sp³-hybridized carbons (Fsp3) is 1.00. The van der Waals surface area contributed by atoms with E-state index in [4.69, 9.17) is 0 Å². The lowest BCUT2D eigenvalue weighted by molar-refractivity contribution is 0.227. The normalized spacial score (nSPS) is 41.2. The van der Waals surface area contributed by atoms with Crippen molar-refractivity contribution < 1.29 is 0 Å².